The summed E-state index contributed by atoms with van der Waals surface area (Å²) in [6.07, 6.45) is -3.99. The topological polar surface area (TPSA) is 83.7 Å². The average molecular weight is 379 g/mol. The van der Waals surface area contributed by atoms with Crippen LogP contribution in [0.2, 0.25) is 5.02 Å². The zero-order chi connectivity index (χ0) is 18.5. The Morgan fingerprint density at radius 3 is 2.48 bits per heavy atom. The summed E-state index contributed by atoms with van der Waals surface area (Å²) in [5.74, 6) is -4.59. The summed E-state index contributed by atoms with van der Waals surface area (Å²) < 4.78 is 67.4. The van der Waals surface area contributed by atoms with Gasteiger partial charge >= 0.3 is 12.3 Å². The molecule has 1 aromatic carbocycles. The van der Waals surface area contributed by atoms with Crippen LogP contribution in [0.5, 0.6) is 11.5 Å². The molecule has 0 spiro atoms. The number of carbonyl (C=O) groups is 1. The number of nitrogens with two attached hydrogens (primary N) is 1. The number of halogens is 5. The van der Waals surface area contributed by atoms with Crippen molar-refractivity contribution in [1.29, 1.82) is 0 Å². The third kappa shape index (κ3) is 2.78. The van der Waals surface area contributed by atoms with Gasteiger partial charge < -0.3 is 19.9 Å². The highest BCUT2D eigenvalue weighted by atomic mass is 35.5. The van der Waals surface area contributed by atoms with Crippen LogP contribution >= 0.6 is 11.6 Å². The number of aromatic nitrogens is 1. The van der Waals surface area contributed by atoms with Crippen molar-refractivity contribution in [3.63, 3.8) is 0 Å². The van der Waals surface area contributed by atoms with E-state index in [0.29, 0.717) is 6.07 Å². The molecular formula is C14H7ClF4N2O4. The summed E-state index contributed by atoms with van der Waals surface area (Å²) >= 11 is 5.74. The summed E-state index contributed by atoms with van der Waals surface area (Å²) in [7, 11) is 1.02. The van der Waals surface area contributed by atoms with Crippen molar-refractivity contribution in [3.8, 4) is 22.8 Å². The Hall–Kier alpha value is -2.75. The molecule has 0 saturated heterocycles. The van der Waals surface area contributed by atoms with Crippen molar-refractivity contribution in [2.45, 2.75) is 6.29 Å². The minimum absolute atomic E-state index is 0.527. The number of methoxy groups -OCH3 is 1. The monoisotopic (exact) mass is 378 g/mol. The van der Waals surface area contributed by atoms with Crippen LogP contribution in [0.3, 0.4) is 0 Å². The van der Waals surface area contributed by atoms with Gasteiger partial charge in [-0.3, -0.25) is 0 Å². The van der Waals surface area contributed by atoms with E-state index in [2.05, 4.69) is 19.2 Å². The first-order valence-corrected chi connectivity index (χ1v) is 6.85. The molecule has 6 nitrogen and oxygen atoms in total. The number of alkyl halides is 2. The summed E-state index contributed by atoms with van der Waals surface area (Å²) in [6, 6.07) is 1.31. The van der Waals surface area contributed by atoms with Gasteiger partial charge in [-0.15, -0.1) is 8.78 Å². The molecule has 0 amide bonds. The van der Waals surface area contributed by atoms with Gasteiger partial charge in [0.2, 0.25) is 0 Å². The second-order valence-electron chi connectivity index (χ2n) is 4.79. The lowest BCUT2D eigenvalue weighted by Gasteiger charge is -2.11. The first-order valence-electron chi connectivity index (χ1n) is 6.47. The van der Waals surface area contributed by atoms with Gasteiger partial charge in [-0.05, 0) is 6.07 Å². The fourth-order valence-corrected chi connectivity index (χ4v) is 2.33. The van der Waals surface area contributed by atoms with E-state index in [9.17, 15) is 22.4 Å². The minimum atomic E-state index is -3.99. The number of esters is 1. The molecule has 0 saturated carbocycles. The molecule has 2 N–H and O–H groups in total. The number of fused-ring (bicyclic) bond motifs is 1. The third-order valence-electron chi connectivity index (χ3n) is 3.24. The largest absolute Gasteiger partial charge is 0.586 e. The lowest BCUT2D eigenvalue weighted by molar-refractivity contribution is -0.286. The zero-order valence-electron chi connectivity index (χ0n) is 12.2. The number of carbonyl (C=O) groups excluding carboxylic acids is 1. The predicted octanol–water partition coefficient (Wildman–Crippen LogP) is 3.37. The lowest BCUT2D eigenvalue weighted by atomic mass is 10.1. The van der Waals surface area contributed by atoms with E-state index in [-0.39, 0.29) is 0 Å². The fourth-order valence-electron chi connectivity index (χ4n) is 2.12. The second-order valence-corrected chi connectivity index (χ2v) is 5.17. The molecule has 1 aliphatic rings. The summed E-state index contributed by atoms with van der Waals surface area (Å²) in [5, 5.41) is -0.527. The molecule has 132 valence electrons. The lowest BCUT2D eigenvalue weighted by Crippen LogP contribution is -2.25. The number of ether oxygens (including phenoxy) is 3. The Morgan fingerprint density at radius 1 is 1.28 bits per heavy atom. The normalized spacial score (nSPS) is 14.5. The number of anilines is 1. The number of nitrogens with zero attached hydrogens (tertiary/aromatic N) is 1. The van der Waals surface area contributed by atoms with Crippen LogP contribution in [-0.2, 0) is 4.74 Å². The Balaban J connectivity index is 2.21. The van der Waals surface area contributed by atoms with Gasteiger partial charge in [0.05, 0.1) is 17.8 Å². The van der Waals surface area contributed by atoms with Gasteiger partial charge in [0, 0.05) is 11.6 Å². The molecule has 11 heteroatoms. The molecule has 3 rings (SSSR count). The smallest absolute Gasteiger partial charge is 0.464 e. The van der Waals surface area contributed by atoms with E-state index in [1.54, 1.807) is 0 Å². The Kier molecular flexibility index (Phi) is 3.87. The van der Waals surface area contributed by atoms with E-state index >= 15 is 0 Å². The van der Waals surface area contributed by atoms with Gasteiger partial charge in [-0.25, -0.2) is 18.6 Å². The predicted molar refractivity (Wildman–Crippen MR) is 76.6 cm³/mol. The van der Waals surface area contributed by atoms with Crippen LogP contribution in [-0.4, -0.2) is 24.4 Å². The first kappa shape index (κ1) is 17.1. The molecule has 0 radical (unpaired) electrons. The van der Waals surface area contributed by atoms with Crippen molar-refractivity contribution < 1.29 is 36.6 Å². The molecule has 1 aromatic heterocycles. The fraction of sp³-hybridized carbons (Fsp3) is 0.143. The highest BCUT2D eigenvalue weighted by Gasteiger charge is 2.44. The van der Waals surface area contributed by atoms with Gasteiger partial charge in [-0.1, -0.05) is 11.6 Å². The number of hydrogen-bond acceptors (Lipinski definition) is 6. The summed E-state index contributed by atoms with van der Waals surface area (Å²) in [4.78, 5) is 15.3. The molecule has 2 heterocycles. The van der Waals surface area contributed by atoms with Crippen LogP contribution in [0.25, 0.3) is 11.3 Å². The quantitative estimate of drug-likeness (QED) is 0.637. The molecular weight excluding hydrogens is 372 g/mol. The molecule has 0 bridgehead atoms. The number of rotatable bonds is 2. The second kappa shape index (κ2) is 5.66. The molecule has 2 aromatic rings. The molecule has 1 aliphatic heterocycles. The molecule has 0 fully saturated rings. The molecule has 0 atom stereocenters. The van der Waals surface area contributed by atoms with Crippen molar-refractivity contribution in [1.82, 2.24) is 4.98 Å². The van der Waals surface area contributed by atoms with Gasteiger partial charge in [-0.2, -0.15) is 0 Å². The number of benzene rings is 1. The average Bonchev–Trinajstić information content (AvgIpc) is 2.84. The van der Waals surface area contributed by atoms with Crippen LogP contribution in [0.1, 0.15) is 10.5 Å². The Bertz CT molecular complexity index is 907. The third-order valence-corrected chi connectivity index (χ3v) is 3.62. The van der Waals surface area contributed by atoms with Gasteiger partial charge in [0.15, 0.2) is 23.0 Å². The highest BCUT2D eigenvalue weighted by molar-refractivity contribution is 6.35. The van der Waals surface area contributed by atoms with Crippen LogP contribution in [0, 0.1) is 11.6 Å². The zero-order valence-corrected chi connectivity index (χ0v) is 13.0. The van der Waals surface area contributed by atoms with Crippen LogP contribution in [0.4, 0.5) is 23.2 Å². The Labute approximate surface area is 142 Å². The van der Waals surface area contributed by atoms with Crippen LogP contribution in [0.15, 0.2) is 12.1 Å². The van der Waals surface area contributed by atoms with E-state index < -0.39 is 63.1 Å². The standard InChI is InChI=1S/C14H7ClF4N2O4/c1-23-13(22)12-8(15)10(20)9(17)11(21-12)4-2-6-7(3-5(4)16)25-14(18,19)24-6/h2-3H,1H3,(H2,20,21). The molecule has 0 aliphatic carbocycles. The summed E-state index contributed by atoms with van der Waals surface area (Å²) in [5.41, 5.74) is 2.89. The Morgan fingerprint density at radius 2 is 1.88 bits per heavy atom. The first-order chi connectivity index (χ1) is 11.6. The highest BCUT2D eigenvalue weighted by Crippen LogP contribution is 2.45. The maximum Gasteiger partial charge on any atom is 0.586 e. The van der Waals surface area contributed by atoms with Crippen molar-refractivity contribution in [2.75, 3.05) is 12.8 Å². The summed E-state index contributed by atoms with van der Waals surface area (Å²) in [6.45, 7) is 0. The number of hydrogen-bond donors (Lipinski definition) is 1. The minimum Gasteiger partial charge on any atom is -0.464 e. The maximum atomic E-state index is 14.4. The molecule has 25 heavy (non-hydrogen) atoms. The van der Waals surface area contributed by atoms with E-state index in [1.165, 1.54) is 0 Å². The van der Waals surface area contributed by atoms with Crippen molar-refractivity contribution in [2.24, 2.45) is 0 Å². The van der Waals surface area contributed by atoms with E-state index in [4.69, 9.17) is 17.3 Å². The molecule has 0 unspecified atom stereocenters. The van der Waals surface area contributed by atoms with E-state index in [0.717, 1.165) is 13.2 Å². The SMILES string of the molecule is COC(=O)c1nc(-c2cc3c(cc2F)OC(F)(F)O3)c(F)c(N)c1Cl. The van der Waals surface area contributed by atoms with Crippen molar-refractivity contribution >= 4 is 23.3 Å². The van der Waals surface area contributed by atoms with Gasteiger partial charge in [0.25, 0.3) is 0 Å². The van der Waals surface area contributed by atoms with Crippen LogP contribution < -0.4 is 15.2 Å². The number of pyridine rings is 1. The number of nitrogen functional groups attached to an aromatic ring is 1. The van der Waals surface area contributed by atoms with Crippen molar-refractivity contribution in [3.05, 3.63) is 34.5 Å². The van der Waals surface area contributed by atoms with Gasteiger partial charge in [0.1, 0.15) is 11.5 Å². The van der Waals surface area contributed by atoms with E-state index in [1.807, 2.05) is 0 Å². The maximum absolute atomic E-state index is 14.4.